The van der Waals surface area contributed by atoms with E-state index in [1.165, 1.54) is 6.08 Å². The number of hydrogen-bond acceptors (Lipinski definition) is 2. The summed E-state index contributed by atoms with van der Waals surface area (Å²) in [6.45, 7) is 2.45. The number of carbonyl (C=O) groups excluding carboxylic acids is 1. The quantitative estimate of drug-likeness (QED) is 0.552. The van der Waals surface area contributed by atoms with Crippen LogP contribution >= 0.6 is 0 Å². The highest BCUT2D eigenvalue weighted by atomic mass is 16.5. The Labute approximate surface area is 59.9 Å². The molecule has 0 aromatic rings. The molecular formula is C7H11NO2. The third-order valence-corrected chi connectivity index (χ3v) is 1.68. The van der Waals surface area contributed by atoms with Crippen molar-refractivity contribution in [1.29, 1.82) is 0 Å². The summed E-state index contributed by atoms with van der Waals surface area (Å²) >= 11 is 0. The van der Waals surface area contributed by atoms with Crippen molar-refractivity contribution in [1.82, 2.24) is 5.06 Å². The van der Waals surface area contributed by atoms with Gasteiger partial charge in [0.2, 0.25) is 0 Å². The summed E-state index contributed by atoms with van der Waals surface area (Å²) in [4.78, 5) is 10.8. The maximum atomic E-state index is 10.8. The molecule has 1 amide bonds. The first-order chi connectivity index (χ1) is 4.74. The molecule has 10 heavy (non-hydrogen) atoms. The molecule has 0 bridgehead atoms. The van der Waals surface area contributed by atoms with E-state index >= 15 is 0 Å². The van der Waals surface area contributed by atoms with Crippen LogP contribution in [0.3, 0.4) is 0 Å². The van der Waals surface area contributed by atoms with E-state index in [-0.39, 0.29) is 5.91 Å². The molecule has 0 aromatic heterocycles. The van der Waals surface area contributed by atoms with Crippen molar-refractivity contribution >= 4 is 5.91 Å². The summed E-state index contributed by atoms with van der Waals surface area (Å²) in [6, 6.07) is 0. The van der Waals surface area contributed by atoms with Gasteiger partial charge in [0.15, 0.2) is 0 Å². The van der Waals surface area contributed by atoms with Crippen LogP contribution in [0.1, 0.15) is 19.8 Å². The van der Waals surface area contributed by atoms with E-state index in [0.717, 1.165) is 23.5 Å². The SMILES string of the molecule is CCC1=CC(=O)N(O)CC1. The highest BCUT2D eigenvalue weighted by Crippen LogP contribution is 2.12. The first-order valence-corrected chi connectivity index (χ1v) is 3.44. The Hall–Kier alpha value is -0.830. The Bertz CT molecular complexity index is 174. The third kappa shape index (κ3) is 1.36. The third-order valence-electron chi connectivity index (χ3n) is 1.68. The van der Waals surface area contributed by atoms with E-state index in [2.05, 4.69) is 0 Å². The molecule has 0 radical (unpaired) electrons. The standard InChI is InChI=1S/C7H11NO2/c1-2-6-3-4-8(10)7(9)5-6/h5,10H,2-4H2,1H3. The number of nitrogens with zero attached hydrogens (tertiary/aromatic N) is 1. The van der Waals surface area contributed by atoms with Crippen LogP contribution in [-0.4, -0.2) is 22.7 Å². The van der Waals surface area contributed by atoms with Crippen molar-refractivity contribution in [2.45, 2.75) is 19.8 Å². The van der Waals surface area contributed by atoms with Gasteiger partial charge >= 0.3 is 0 Å². The van der Waals surface area contributed by atoms with Crippen molar-refractivity contribution in [3.8, 4) is 0 Å². The van der Waals surface area contributed by atoms with Gasteiger partial charge in [0.1, 0.15) is 0 Å². The molecule has 0 fully saturated rings. The van der Waals surface area contributed by atoms with Crippen LogP contribution < -0.4 is 0 Å². The Morgan fingerprint density at radius 1 is 1.80 bits per heavy atom. The lowest BCUT2D eigenvalue weighted by atomic mass is 10.1. The fourth-order valence-electron chi connectivity index (χ4n) is 0.960. The summed E-state index contributed by atoms with van der Waals surface area (Å²) in [6.07, 6.45) is 3.21. The summed E-state index contributed by atoms with van der Waals surface area (Å²) < 4.78 is 0. The smallest absolute Gasteiger partial charge is 0.269 e. The van der Waals surface area contributed by atoms with Gasteiger partial charge in [-0.15, -0.1) is 0 Å². The van der Waals surface area contributed by atoms with Crippen molar-refractivity contribution in [3.05, 3.63) is 11.6 Å². The number of hydroxylamine groups is 2. The highest BCUT2D eigenvalue weighted by Gasteiger charge is 2.14. The van der Waals surface area contributed by atoms with Gasteiger partial charge in [-0.05, 0) is 12.8 Å². The average Bonchev–Trinajstić information content (AvgIpc) is 1.95. The maximum absolute atomic E-state index is 10.8. The Morgan fingerprint density at radius 3 is 3.00 bits per heavy atom. The van der Waals surface area contributed by atoms with E-state index < -0.39 is 0 Å². The number of hydrogen-bond donors (Lipinski definition) is 1. The van der Waals surface area contributed by atoms with Crippen molar-refractivity contribution in [2.24, 2.45) is 0 Å². The van der Waals surface area contributed by atoms with Crippen LogP contribution in [0.15, 0.2) is 11.6 Å². The van der Waals surface area contributed by atoms with Crippen LogP contribution in [0, 0.1) is 0 Å². The molecule has 1 N–H and O–H groups in total. The summed E-state index contributed by atoms with van der Waals surface area (Å²) in [7, 11) is 0. The molecule has 0 unspecified atom stereocenters. The monoisotopic (exact) mass is 141 g/mol. The molecule has 56 valence electrons. The van der Waals surface area contributed by atoms with E-state index in [1.807, 2.05) is 6.92 Å². The van der Waals surface area contributed by atoms with Crippen LogP contribution in [0.25, 0.3) is 0 Å². The zero-order valence-electron chi connectivity index (χ0n) is 6.00. The molecule has 1 heterocycles. The zero-order valence-corrected chi connectivity index (χ0v) is 6.00. The largest absolute Gasteiger partial charge is 0.286 e. The highest BCUT2D eigenvalue weighted by molar-refractivity contribution is 5.88. The van der Waals surface area contributed by atoms with Gasteiger partial charge < -0.3 is 0 Å². The topological polar surface area (TPSA) is 40.5 Å². The molecule has 0 saturated carbocycles. The maximum Gasteiger partial charge on any atom is 0.269 e. The minimum atomic E-state index is -0.289. The lowest BCUT2D eigenvalue weighted by Crippen LogP contribution is -2.30. The molecule has 3 heteroatoms. The fraction of sp³-hybridized carbons (Fsp3) is 0.571. The molecule has 0 aromatic carbocycles. The lowest BCUT2D eigenvalue weighted by Gasteiger charge is -2.18. The second-order valence-corrected chi connectivity index (χ2v) is 2.37. The lowest BCUT2D eigenvalue weighted by molar-refractivity contribution is -0.160. The van der Waals surface area contributed by atoms with E-state index in [1.54, 1.807) is 0 Å². The molecule has 1 aliphatic heterocycles. The molecule has 0 aliphatic carbocycles. The summed E-state index contributed by atoms with van der Waals surface area (Å²) in [5.41, 5.74) is 1.12. The van der Waals surface area contributed by atoms with Gasteiger partial charge in [-0.25, -0.2) is 5.06 Å². The van der Waals surface area contributed by atoms with Crippen molar-refractivity contribution < 1.29 is 10.0 Å². The molecular weight excluding hydrogens is 130 g/mol. The summed E-state index contributed by atoms with van der Waals surface area (Å²) in [5.74, 6) is -0.289. The molecule has 1 rings (SSSR count). The number of amides is 1. The Balaban J connectivity index is 2.66. The van der Waals surface area contributed by atoms with Gasteiger partial charge in [0.25, 0.3) is 5.91 Å². The second kappa shape index (κ2) is 2.84. The fourth-order valence-corrected chi connectivity index (χ4v) is 0.960. The minimum absolute atomic E-state index is 0.289. The van der Waals surface area contributed by atoms with Crippen LogP contribution in [0.2, 0.25) is 0 Å². The Morgan fingerprint density at radius 2 is 2.50 bits per heavy atom. The van der Waals surface area contributed by atoms with E-state index in [0.29, 0.717) is 6.54 Å². The van der Waals surface area contributed by atoms with Gasteiger partial charge in [0.05, 0.1) is 6.54 Å². The first kappa shape index (κ1) is 7.28. The molecule has 0 spiro atoms. The average molecular weight is 141 g/mol. The van der Waals surface area contributed by atoms with E-state index in [4.69, 9.17) is 5.21 Å². The zero-order chi connectivity index (χ0) is 7.56. The molecule has 0 saturated heterocycles. The van der Waals surface area contributed by atoms with Gasteiger partial charge in [-0.1, -0.05) is 12.5 Å². The van der Waals surface area contributed by atoms with Gasteiger partial charge in [-0.2, -0.15) is 0 Å². The molecule has 0 atom stereocenters. The normalized spacial score (nSPS) is 19.2. The van der Waals surface area contributed by atoms with Crippen molar-refractivity contribution in [2.75, 3.05) is 6.54 Å². The number of carbonyl (C=O) groups is 1. The minimum Gasteiger partial charge on any atom is -0.286 e. The predicted molar refractivity (Wildman–Crippen MR) is 36.5 cm³/mol. The van der Waals surface area contributed by atoms with Gasteiger partial charge in [-0.3, -0.25) is 10.0 Å². The van der Waals surface area contributed by atoms with Crippen LogP contribution in [-0.2, 0) is 4.79 Å². The van der Waals surface area contributed by atoms with Crippen LogP contribution in [0.4, 0.5) is 0 Å². The predicted octanol–water partition coefficient (Wildman–Crippen LogP) is 0.944. The van der Waals surface area contributed by atoms with Gasteiger partial charge in [0, 0.05) is 6.08 Å². The second-order valence-electron chi connectivity index (χ2n) is 2.37. The first-order valence-electron chi connectivity index (χ1n) is 3.44. The van der Waals surface area contributed by atoms with Crippen LogP contribution in [0.5, 0.6) is 0 Å². The number of rotatable bonds is 1. The summed E-state index contributed by atoms with van der Waals surface area (Å²) in [5, 5.41) is 9.58. The molecule has 1 aliphatic rings. The Kier molecular flexibility index (Phi) is 2.06. The van der Waals surface area contributed by atoms with E-state index in [9.17, 15) is 4.79 Å². The molecule has 3 nitrogen and oxygen atoms in total. The van der Waals surface area contributed by atoms with Crippen molar-refractivity contribution in [3.63, 3.8) is 0 Å².